The Kier molecular flexibility index (Phi) is 2.83. The molecule has 0 unspecified atom stereocenters. The van der Waals surface area contributed by atoms with Gasteiger partial charge in [0.1, 0.15) is 0 Å². The molecule has 5 nitrogen and oxygen atoms in total. The zero-order valence-corrected chi connectivity index (χ0v) is 8.94. The summed E-state index contributed by atoms with van der Waals surface area (Å²) in [6, 6.07) is 0. The molecule has 0 aliphatic carbocycles. The van der Waals surface area contributed by atoms with E-state index in [2.05, 4.69) is 14.1 Å². The summed E-state index contributed by atoms with van der Waals surface area (Å²) in [5, 5.41) is 3.21. The number of nitrogens with one attached hydrogen (secondary N) is 1. The summed E-state index contributed by atoms with van der Waals surface area (Å²) in [5.74, 6) is 0.764. The molecule has 0 bridgehead atoms. The quantitative estimate of drug-likeness (QED) is 0.767. The van der Waals surface area contributed by atoms with Crippen LogP contribution in [-0.4, -0.2) is 34.3 Å². The zero-order valence-electron chi connectivity index (χ0n) is 7.36. The smallest absolute Gasteiger partial charge is 0.221 e. The van der Waals surface area contributed by atoms with Gasteiger partial charge in [-0.3, -0.25) is 4.79 Å². The second kappa shape index (κ2) is 4.10. The molecule has 1 amide bonds. The first-order chi connectivity index (χ1) is 6.77. The SMILES string of the molecule is O=C1CCN(c2nsnc2Cl)CCN1. The molecule has 0 saturated carbocycles. The van der Waals surface area contributed by atoms with Gasteiger partial charge in [-0.1, -0.05) is 11.6 Å². The van der Waals surface area contributed by atoms with Crippen molar-refractivity contribution in [2.75, 3.05) is 24.5 Å². The van der Waals surface area contributed by atoms with Crippen molar-refractivity contribution in [1.82, 2.24) is 14.1 Å². The van der Waals surface area contributed by atoms with E-state index in [0.29, 0.717) is 30.5 Å². The molecule has 2 heterocycles. The number of carbonyl (C=O) groups is 1. The van der Waals surface area contributed by atoms with Gasteiger partial charge in [-0.15, -0.1) is 0 Å². The van der Waals surface area contributed by atoms with Gasteiger partial charge in [-0.05, 0) is 0 Å². The molecular formula is C7H9ClN4OS. The molecule has 1 aliphatic rings. The number of aromatic nitrogens is 2. The lowest BCUT2D eigenvalue weighted by Crippen LogP contribution is -2.28. The van der Waals surface area contributed by atoms with E-state index in [1.807, 2.05) is 4.90 Å². The van der Waals surface area contributed by atoms with Gasteiger partial charge in [-0.25, -0.2) is 0 Å². The number of nitrogens with zero attached hydrogens (tertiary/aromatic N) is 3. The third-order valence-corrected chi connectivity index (χ3v) is 2.92. The molecule has 2 rings (SSSR count). The lowest BCUT2D eigenvalue weighted by molar-refractivity contribution is -0.120. The van der Waals surface area contributed by atoms with Gasteiger partial charge in [0, 0.05) is 26.1 Å². The first kappa shape index (κ1) is 9.67. The Balaban J connectivity index is 2.11. The van der Waals surface area contributed by atoms with Crippen LogP contribution < -0.4 is 10.2 Å². The van der Waals surface area contributed by atoms with Crippen molar-refractivity contribution in [3.05, 3.63) is 5.15 Å². The number of halogens is 1. The Morgan fingerprint density at radius 2 is 2.29 bits per heavy atom. The van der Waals surface area contributed by atoms with E-state index in [-0.39, 0.29) is 5.91 Å². The molecule has 14 heavy (non-hydrogen) atoms. The summed E-state index contributed by atoms with van der Waals surface area (Å²) in [5.41, 5.74) is 0. The highest BCUT2D eigenvalue weighted by Crippen LogP contribution is 2.22. The van der Waals surface area contributed by atoms with E-state index in [4.69, 9.17) is 11.6 Å². The van der Waals surface area contributed by atoms with Crippen LogP contribution in [0.1, 0.15) is 6.42 Å². The van der Waals surface area contributed by atoms with Gasteiger partial charge in [0.25, 0.3) is 0 Å². The number of hydrogen-bond donors (Lipinski definition) is 1. The van der Waals surface area contributed by atoms with Crippen LogP contribution in [0.5, 0.6) is 0 Å². The maximum atomic E-state index is 11.1. The maximum absolute atomic E-state index is 11.1. The van der Waals surface area contributed by atoms with Crippen LogP contribution >= 0.6 is 23.3 Å². The fourth-order valence-electron chi connectivity index (χ4n) is 1.34. The standard InChI is InChI=1S/C7H9ClN4OS/c8-6-7(11-14-10-6)12-3-1-5(13)9-2-4-12/h1-4H2,(H,9,13). The van der Waals surface area contributed by atoms with Gasteiger partial charge in [0.15, 0.2) is 11.0 Å². The predicted octanol–water partition coefficient (Wildman–Crippen LogP) is 0.518. The van der Waals surface area contributed by atoms with Crippen molar-refractivity contribution < 1.29 is 4.79 Å². The number of amides is 1. The minimum atomic E-state index is 0.0758. The van der Waals surface area contributed by atoms with Gasteiger partial charge < -0.3 is 10.2 Å². The largest absolute Gasteiger partial charge is 0.354 e. The molecule has 7 heteroatoms. The topological polar surface area (TPSA) is 58.1 Å². The second-order valence-corrected chi connectivity index (χ2v) is 3.85. The third-order valence-electron chi connectivity index (χ3n) is 2.04. The van der Waals surface area contributed by atoms with Crippen molar-refractivity contribution in [1.29, 1.82) is 0 Å². The summed E-state index contributed by atoms with van der Waals surface area (Å²) < 4.78 is 7.98. The zero-order chi connectivity index (χ0) is 9.97. The van der Waals surface area contributed by atoms with Crippen LogP contribution in [0.3, 0.4) is 0 Å². The lowest BCUT2D eigenvalue weighted by atomic mass is 10.4. The van der Waals surface area contributed by atoms with Crippen molar-refractivity contribution in [2.24, 2.45) is 0 Å². The average Bonchev–Trinajstić information content (AvgIpc) is 2.46. The number of anilines is 1. The van der Waals surface area contributed by atoms with E-state index < -0.39 is 0 Å². The van der Waals surface area contributed by atoms with E-state index in [0.717, 1.165) is 18.3 Å². The first-order valence-electron chi connectivity index (χ1n) is 4.27. The molecule has 1 aromatic heterocycles. The molecule has 1 aliphatic heterocycles. The highest BCUT2D eigenvalue weighted by atomic mass is 35.5. The van der Waals surface area contributed by atoms with Crippen LogP contribution in [0.25, 0.3) is 0 Å². The summed E-state index contributed by atoms with van der Waals surface area (Å²) in [4.78, 5) is 13.1. The summed E-state index contributed by atoms with van der Waals surface area (Å²) >= 11 is 6.94. The Morgan fingerprint density at radius 1 is 1.43 bits per heavy atom. The molecule has 1 fully saturated rings. The van der Waals surface area contributed by atoms with Crippen LogP contribution in [0.15, 0.2) is 0 Å². The van der Waals surface area contributed by atoms with E-state index in [1.165, 1.54) is 0 Å². The monoisotopic (exact) mass is 232 g/mol. The fourth-order valence-corrected chi connectivity index (χ4v) is 2.12. The Hall–Kier alpha value is -0.880. The molecule has 0 aromatic carbocycles. The normalized spacial score (nSPS) is 17.8. The predicted molar refractivity (Wildman–Crippen MR) is 54.8 cm³/mol. The van der Waals surface area contributed by atoms with Crippen molar-refractivity contribution in [3.63, 3.8) is 0 Å². The van der Waals surface area contributed by atoms with Crippen molar-refractivity contribution in [3.8, 4) is 0 Å². The maximum Gasteiger partial charge on any atom is 0.221 e. The number of hydrogen-bond acceptors (Lipinski definition) is 5. The van der Waals surface area contributed by atoms with Gasteiger partial charge in [0.05, 0.1) is 11.7 Å². The molecule has 0 atom stereocenters. The van der Waals surface area contributed by atoms with Crippen molar-refractivity contribution in [2.45, 2.75) is 6.42 Å². The van der Waals surface area contributed by atoms with Gasteiger partial charge >= 0.3 is 0 Å². The number of rotatable bonds is 1. The molecule has 1 aromatic rings. The molecule has 0 radical (unpaired) electrons. The van der Waals surface area contributed by atoms with Crippen LogP contribution in [0, 0.1) is 0 Å². The molecule has 1 N–H and O–H groups in total. The summed E-state index contributed by atoms with van der Waals surface area (Å²) in [6.45, 7) is 2.01. The second-order valence-electron chi connectivity index (χ2n) is 2.97. The van der Waals surface area contributed by atoms with Crippen molar-refractivity contribution >= 4 is 35.1 Å². The lowest BCUT2D eigenvalue weighted by Gasteiger charge is -2.18. The fraction of sp³-hybridized carbons (Fsp3) is 0.571. The van der Waals surface area contributed by atoms with Crippen LogP contribution in [0.4, 0.5) is 5.82 Å². The summed E-state index contributed by atoms with van der Waals surface area (Å²) in [6.07, 6.45) is 0.480. The third kappa shape index (κ3) is 1.96. The van der Waals surface area contributed by atoms with Gasteiger partial charge in [0.2, 0.25) is 5.91 Å². The Bertz CT molecular complexity index is 342. The molecular weight excluding hydrogens is 224 g/mol. The van der Waals surface area contributed by atoms with E-state index in [9.17, 15) is 4.79 Å². The Labute approximate surface area is 90.4 Å². The van der Waals surface area contributed by atoms with E-state index >= 15 is 0 Å². The average molecular weight is 233 g/mol. The Morgan fingerprint density at radius 3 is 3.00 bits per heavy atom. The van der Waals surface area contributed by atoms with Gasteiger partial charge in [-0.2, -0.15) is 8.75 Å². The minimum absolute atomic E-state index is 0.0758. The highest BCUT2D eigenvalue weighted by Gasteiger charge is 2.18. The highest BCUT2D eigenvalue weighted by molar-refractivity contribution is 6.99. The van der Waals surface area contributed by atoms with E-state index in [1.54, 1.807) is 0 Å². The van der Waals surface area contributed by atoms with Crippen LogP contribution in [0.2, 0.25) is 5.15 Å². The molecule has 0 spiro atoms. The summed E-state index contributed by atoms with van der Waals surface area (Å²) in [7, 11) is 0. The number of carbonyl (C=O) groups excluding carboxylic acids is 1. The molecule has 1 saturated heterocycles. The minimum Gasteiger partial charge on any atom is -0.354 e. The molecule has 76 valence electrons. The first-order valence-corrected chi connectivity index (χ1v) is 5.38. The van der Waals surface area contributed by atoms with Crippen LogP contribution in [-0.2, 0) is 4.79 Å².